The molecular weight excluding hydrogens is 473 g/mol. The molecule has 0 bridgehead atoms. The Kier molecular flexibility index (Phi) is 5.66. The van der Waals surface area contributed by atoms with Crippen molar-refractivity contribution in [3.8, 4) is 5.75 Å². The van der Waals surface area contributed by atoms with Crippen LogP contribution in [0.3, 0.4) is 0 Å². The van der Waals surface area contributed by atoms with Gasteiger partial charge in [-0.25, -0.2) is 14.2 Å². The predicted octanol–water partition coefficient (Wildman–Crippen LogP) is 3.99. The van der Waals surface area contributed by atoms with Crippen LogP contribution in [0.15, 0.2) is 60.7 Å². The fourth-order valence-electron chi connectivity index (χ4n) is 5.32. The number of aliphatic hydroxyl groups excluding tert-OH is 1. The van der Waals surface area contributed by atoms with E-state index < -0.39 is 12.1 Å². The third-order valence-electron chi connectivity index (χ3n) is 6.96. The second kappa shape index (κ2) is 9.02. The van der Waals surface area contributed by atoms with Gasteiger partial charge in [0.25, 0.3) is 0 Å². The minimum Gasteiger partial charge on any atom is -0.488 e. The van der Waals surface area contributed by atoms with Gasteiger partial charge in [0.1, 0.15) is 18.2 Å². The Morgan fingerprint density at radius 2 is 2.00 bits per heavy atom. The second-order valence-corrected chi connectivity index (χ2v) is 9.54. The quantitative estimate of drug-likeness (QED) is 0.395. The van der Waals surface area contributed by atoms with E-state index in [1.54, 1.807) is 6.07 Å². The van der Waals surface area contributed by atoms with Crippen LogP contribution in [0.1, 0.15) is 28.3 Å². The number of urea groups is 1. The number of nitrogens with two attached hydrogens (primary N) is 1. The third kappa shape index (κ3) is 4.22. The summed E-state index contributed by atoms with van der Waals surface area (Å²) < 4.78 is 21.8. The van der Waals surface area contributed by atoms with Gasteiger partial charge in [-0.15, -0.1) is 0 Å². The summed E-state index contributed by atoms with van der Waals surface area (Å²) in [6, 6.07) is 17.3. The van der Waals surface area contributed by atoms with Crippen LogP contribution in [-0.2, 0) is 6.61 Å². The number of likely N-dealkylation sites (tertiary alicyclic amines) is 1. The number of primary amides is 1. The maximum Gasteiger partial charge on any atom is 0.318 e. The molecule has 1 saturated heterocycles. The highest BCUT2D eigenvalue weighted by Gasteiger charge is 2.33. The average Bonchev–Trinajstić information content (AvgIpc) is 3.33. The second-order valence-electron chi connectivity index (χ2n) is 9.54. The van der Waals surface area contributed by atoms with Crippen LogP contribution in [-0.4, -0.2) is 51.8 Å². The van der Waals surface area contributed by atoms with Gasteiger partial charge in [-0.05, 0) is 59.7 Å². The molecule has 9 heteroatoms. The number of amides is 2. The van der Waals surface area contributed by atoms with E-state index >= 15 is 0 Å². The molecule has 4 N–H and O–H groups in total. The molecule has 1 fully saturated rings. The summed E-state index contributed by atoms with van der Waals surface area (Å²) in [6.07, 6.45) is 1.42. The number of nitrogens with zero attached hydrogens (tertiary/aromatic N) is 3. The first-order valence-electron chi connectivity index (χ1n) is 12.0. The van der Waals surface area contributed by atoms with E-state index in [4.69, 9.17) is 10.5 Å². The van der Waals surface area contributed by atoms with Crippen molar-refractivity contribution in [3.63, 3.8) is 0 Å². The minimum absolute atomic E-state index is 0.284. The van der Waals surface area contributed by atoms with Crippen LogP contribution in [0.2, 0.25) is 0 Å². The molecule has 0 unspecified atom stereocenters. The van der Waals surface area contributed by atoms with E-state index in [-0.39, 0.29) is 11.9 Å². The lowest BCUT2D eigenvalue weighted by atomic mass is 9.92. The number of benzene rings is 3. The molecule has 0 aliphatic carbocycles. The number of ether oxygens (including phenoxy) is 1. The normalized spacial score (nSPS) is 20.4. The molecule has 1 aromatic heterocycles. The van der Waals surface area contributed by atoms with Gasteiger partial charge >= 0.3 is 6.03 Å². The Morgan fingerprint density at radius 1 is 1.16 bits per heavy atom. The largest absolute Gasteiger partial charge is 0.488 e. The fourth-order valence-corrected chi connectivity index (χ4v) is 5.32. The zero-order chi connectivity index (χ0) is 25.7. The SMILES string of the molecule is CN1C[C@H](O)[C@@H](n2c(NC(N)=O)nc3cc(/C=C4\c5ccccc5COc5cc(F)ccc54)ccc32)C1. The van der Waals surface area contributed by atoms with Gasteiger partial charge in [-0.1, -0.05) is 30.3 Å². The maximum absolute atomic E-state index is 14.0. The Labute approximate surface area is 212 Å². The predicted molar refractivity (Wildman–Crippen MR) is 140 cm³/mol. The number of hydrogen-bond acceptors (Lipinski definition) is 5. The Balaban J connectivity index is 1.50. The molecular formula is C28H26FN5O3. The van der Waals surface area contributed by atoms with Crippen LogP contribution >= 0.6 is 0 Å². The molecule has 0 saturated carbocycles. The van der Waals surface area contributed by atoms with Crippen molar-refractivity contribution in [2.75, 3.05) is 25.5 Å². The first kappa shape index (κ1) is 23.2. The number of halogens is 1. The molecule has 3 aromatic carbocycles. The number of aliphatic hydroxyl groups is 1. The molecule has 2 amide bonds. The molecule has 8 nitrogen and oxygen atoms in total. The fraction of sp³-hybridized carbons (Fsp3) is 0.214. The van der Waals surface area contributed by atoms with E-state index in [2.05, 4.69) is 10.3 Å². The number of carbonyl (C=O) groups excluding carboxylic acids is 1. The number of fused-ring (bicyclic) bond motifs is 3. The summed E-state index contributed by atoms with van der Waals surface area (Å²) in [6.45, 7) is 1.47. The molecule has 188 valence electrons. The number of likely N-dealkylation sites (N-methyl/N-ethyl adjacent to an activating group) is 1. The van der Waals surface area contributed by atoms with Crippen LogP contribution in [0.25, 0.3) is 22.7 Å². The minimum atomic E-state index is -0.723. The van der Waals surface area contributed by atoms with Gasteiger partial charge in [0.15, 0.2) is 0 Å². The number of nitrogens with one attached hydrogen (secondary N) is 1. The lowest BCUT2D eigenvalue weighted by Gasteiger charge is -2.19. The molecule has 4 aromatic rings. The molecule has 3 heterocycles. The van der Waals surface area contributed by atoms with Gasteiger partial charge in [0.05, 0.1) is 23.2 Å². The summed E-state index contributed by atoms with van der Waals surface area (Å²) in [5, 5.41) is 13.3. The highest BCUT2D eigenvalue weighted by Crippen LogP contribution is 2.39. The zero-order valence-corrected chi connectivity index (χ0v) is 20.2. The van der Waals surface area contributed by atoms with Crippen molar-refractivity contribution in [2.45, 2.75) is 18.8 Å². The van der Waals surface area contributed by atoms with Crippen molar-refractivity contribution in [2.24, 2.45) is 5.73 Å². The van der Waals surface area contributed by atoms with Gasteiger partial charge in [0, 0.05) is 24.7 Å². The van der Waals surface area contributed by atoms with E-state index in [1.165, 1.54) is 12.1 Å². The van der Waals surface area contributed by atoms with E-state index in [9.17, 15) is 14.3 Å². The van der Waals surface area contributed by atoms with E-state index in [1.807, 2.05) is 65.1 Å². The van der Waals surface area contributed by atoms with Crippen molar-refractivity contribution in [1.82, 2.24) is 14.5 Å². The topological polar surface area (TPSA) is 106 Å². The van der Waals surface area contributed by atoms with Crippen LogP contribution in [0, 0.1) is 5.82 Å². The van der Waals surface area contributed by atoms with Crippen molar-refractivity contribution in [1.29, 1.82) is 0 Å². The van der Waals surface area contributed by atoms with Crippen LogP contribution in [0.4, 0.5) is 15.1 Å². The van der Waals surface area contributed by atoms with Gasteiger partial charge in [-0.3, -0.25) is 5.32 Å². The van der Waals surface area contributed by atoms with Crippen molar-refractivity contribution in [3.05, 3.63) is 88.7 Å². The van der Waals surface area contributed by atoms with E-state index in [0.29, 0.717) is 36.9 Å². The number of β-amino-alcohol motifs (C(OH)–C–C–N with tert-alkyl or cyclic N) is 1. The Morgan fingerprint density at radius 3 is 2.78 bits per heavy atom. The molecule has 2 aliphatic rings. The summed E-state index contributed by atoms with van der Waals surface area (Å²) in [5.41, 5.74) is 11.4. The molecule has 0 spiro atoms. The van der Waals surface area contributed by atoms with Crippen molar-refractivity contribution < 1.29 is 19.0 Å². The van der Waals surface area contributed by atoms with E-state index in [0.717, 1.165) is 33.3 Å². The summed E-state index contributed by atoms with van der Waals surface area (Å²) in [4.78, 5) is 18.4. The monoisotopic (exact) mass is 499 g/mol. The third-order valence-corrected chi connectivity index (χ3v) is 6.96. The summed E-state index contributed by atoms with van der Waals surface area (Å²) >= 11 is 0. The number of imidazole rings is 1. The van der Waals surface area contributed by atoms with Crippen molar-refractivity contribution >= 4 is 34.7 Å². The molecule has 2 atom stereocenters. The number of carbonyl (C=O) groups is 1. The Bertz CT molecular complexity index is 1560. The highest BCUT2D eigenvalue weighted by molar-refractivity contribution is 5.96. The first-order chi connectivity index (χ1) is 17.9. The summed E-state index contributed by atoms with van der Waals surface area (Å²) in [7, 11) is 1.94. The first-order valence-corrected chi connectivity index (χ1v) is 12.0. The smallest absolute Gasteiger partial charge is 0.318 e. The van der Waals surface area contributed by atoms with Gasteiger partial charge < -0.3 is 25.0 Å². The zero-order valence-electron chi connectivity index (χ0n) is 20.2. The number of hydrogen-bond donors (Lipinski definition) is 3. The molecule has 2 aliphatic heterocycles. The van der Waals surface area contributed by atoms with Gasteiger partial charge in [-0.2, -0.15) is 0 Å². The van der Waals surface area contributed by atoms with Gasteiger partial charge in [0.2, 0.25) is 5.95 Å². The Hall–Kier alpha value is -4.21. The number of anilines is 1. The average molecular weight is 500 g/mol. The molecule has 37 heavy (non-hydrogen) atoms. The lowest BCUT2D eigenvalue weighted by molar-refractivity contribution is 0.148. The number of aromatic nitrogens is 2. The molecule has 0 radical (unpaired) electrons. The lowest BCUT2D eigenvalue weighted by Crippen LogP contribution is -2.27. The van der Waals surface area contributed by atoms with Crippen LogP contribution < -0.4 is 15.8 Å². The highest BCUT2D eigenvalue weighted by atomic mass is 19.1. The number of rotatable bonds is 3. The van der Waals surface area contributed by atoms with Crippen LogP contribution in [0.5, 0.6) is 5.75 Å². The summed E-state index contributed by atoms with van der Waals surface area (Å²) in [5.74, 6) is 0.422. The standard InChI is InChI=1S/C28H26FN5O3/c1-33-13-24(25(35)14-33)34-23-9-6-16(11-22(23)31-28(34)32-27(30)36)10-21-19-5-3-2-4-17(19)15-37-26-12-18(29)7-8-20(21)26/h2-12,24-25,35H,13-15H2,1H3,(H3,30,31,32,36)/b21-10+/t24-,25-/m0/s1. The maximum atomic E-state index is 14.0. The molecule has 6 rings (SSSR count).